The quantitative estimate of drug-likeness (QED) is 0.615. The summed E-state index contributed by atoms with van der Waals surface area (Å²) in [6.07, 6.45) is 3.30. The first-order valence-corrected chi connectivity index (χ1v) is 8.42. The predicted molar refractivity (Wildman–Crippen MR) is 92.0 cm³/mol. The Hall–Kier alpha value is -1.85. The number of halogens is 1. The summed E-state index contributed by atoms with van der Waals surface area (Å²) < 4.78 is 2.18. The zero-order valence-electron chi connectivity index (χ0n) is 11.6. The predicted octanol–water partition coefficient (Wildman–Crippen LogP) is 4.82. The van der Waals surface area contributed by atoms with Crippen LogP contribution in [0.3, 0.4) is 0 Å². The second-order valence-corrected chi connectivity index (χ2v) is 6.76. The van der Waals surface area contributed by atoms with Crippen LogP contribution in [0.1, 0.15) is 15.6 Å². The molecule has 0 spiro atoms. The van der Waals surface area contributed by atoms with E-state index in [1.807, 2.05) is 60.7 Å². The fourth-order valence-corrected chi connectivity index (χ4v) is 3.44. The van der Waals surface area contributed by atoms with Crippen LogP contribution in [0.15, 0.2) is 82.4 Å². The maximum Gasteiger partial charge on any atom is 0.264 e. The zero-order valence-corrected chi connectivity index (χ0v) is 14.0. The molecule has 0 bridgehead atoms. The Morgan fingerprint density at radius 2 is 1.68 bits per heavy atom. The third kappa shape index (κ3) is 3.48. The van der Waals surface area contributed by atoms with Gasteiger partial charge in [-0.15, -0.1) is 11.8 Å². The maximum absolute atomic E-state index is 12.8. The fourth-order valence-electron chi connectivity index (χ4n) is 2.07. The highest BCUT2D eigenvalue weighted by Crippen LogP contribution is 2.36. The standard InChI is InChI=1S/C17H13BrN2OS/c18-14-11-19-20(12-14)17(21)16(13-7-3-1-4-8-13)22-15-9-5-2-6-10-15/h1-12,16H/t16-/m0/s1. The van der Waals surface area contributed by atoms with Crippen molar-refractivity contribution in [1.29, 1.82) is 0 Å². The maximum atomic E-state index is 12.8. The molecule has 1 atom stereocenters. The molecule has 0 radical (unpaired) electrons. The summed E-state index contributed by atoms with van der Waals surface area (Å²) in [6.45, 7) is 0. The molecular weight excluding hydrogens is 360 g/mol. The molecule has 2 aromatic carbocycles. The van der Waals surface area contributed by atoms with Gasteiger partial charge < -0.3 is 0 Å². The summed E-state index contributed by atoms with van der Waals surface area (Å²) in [6, 6.07) is 19.7. The largest absolute Gasteiger partial charge is 0.271 e. The number of benzene rings is 2. The molecule has 0 aliphatic heterocycles. The number of carbonyl (C=O) groups is 1. The van der Waals surface area contributed by atoms with Gasteiger partial charge in [-0.1, -0.05) is 48.5 Å². The van der Waals surface area contributed by atoms with E-state index in [0.29, 0.717) is 0 Å². The van der Waals surface area contributed by atoms with E-state index in [0.717, 1.165) is 14.9 Å². The summed E-state index contributed by atoms with van der Waals surface area (Å²) >= 11 is 4.86. The lowest BCUT2D eigenvalue weighted by atomic mass is 10.1. The Kier molecular flexibility index (Phi) is 4.75. The third-order valence-electron chi connectivity index (χ3n) is 3.10. The van der Waals surface area contributed by atoms with Crippen LogP contribution in [0.2, 0.25) is 0 Å². The Balaban J connectivity index is 1.94. The SMILES string of the molecule is O=C([C@@H](Sc1ccccc1)c1ccccc1)n1cc(Br)cn1. The lowest BCUT2D eigenvalue weighted by Gasteiger charge is -2.15. The summed E-state index contributed by atoms with van der Waals surface area (Å²) in [5.74, 6) is -0.0641. The molecule has 0 fully saturated rings. The van der Waals surface area contributed by atoms with E-state index in [4.69, 9.17) is 0 Å². The van der Waals surface area contributed by atoms with Crippen molar-refractivity contribution in [3.05, 3.63) is 83.1 Å². The Morgan fingerprint density at radius 1 is 1.05 bits per heavy atom. The van der Waals surface area contributed by atoms with Gasteiger partial charge in [0.15, 0.2) is 0 Å². The minimum atomic E-state index is -0.338. The summed E-state index contributed by atoms with van der Waals surface area (Å²) in [5, 5.41) is 3.77. The Morgan fingerprint density at radius 3 is 2.27 bits per heavy atom. The van der Waals surface area contributed by atoms with E-state index in [-0.39, 0.29) is 11.2 Å². The van der Waals surface area contributed by atoms with E-state index in [9.17, 15) is 4.79 Å². The summed E-state index contributed by atoms with van der Waals surface area (Å²) in [7, 11) is 0. The minimum absolute atomic E-state index is 0.0641. The number of carbonyl (C=O) groups excluding carboxylic acids is 1. The molecule has 0 saturated heterocycles. The van der Waals surface area contributed by atoms with Gasteiger partial charge in [-0.2, -0.15) is 5.10 Å². The molecule has 0 aliphatic rings. The molecule has 5 heteroatoms. The van der Waals surface area contributed by atoms with E-state index in [1.165, 1.54) is 16.4 Å². The first-order chi connectivity index (χ1) is 10.7. The van der Waals surface area contributed by atoms with Gasteiger partial charge in [0.05, 0.1) is 10.7 Å². The van der Waals surface area contributed by atoms with Gasteiger partial charge in [-0.3, -0.25) is 4.79 Å². The number of aromatic nitrogens is 2. The number of thioether (sulfide) groups is 1. The first kappa shape index (κ1) is 15.1. The van der Waals surface area contributed by atoms with E-state index < -0.39 is 0 Å². The summed E-state index contributed by atoms with van der Waals surface area (Å²) in [4.78, 5) is 13.9. The molecule has 110 valence electrons. The Bertz CT molecular complexity index is 759. The molecule has 0 unspecified atom stereocenters. The first-order valence-electron chi connectivity index (χ1n) is 6.75. The van der Waals surface area contributed by atoms with Gasteiger partial charge in [0, 0.05) is 11.1 Å². The smallest absolute Gasteiger partial charge is 0.264 e. The second kappa shape index (κ2) is 6.94. The molecule has 3 nitrogen and oxygen atoms in total. The minimum Gasteiger partial charge on any atom is -0.271 e. The normalized spacial score (nSPS) is 12.0. The zero-order chi connectivity index (χ0) is 15.4. The van der Waals surface area contributed by atoms with Crippen molar-refractivity contribution in [2.75, 3.05) is 0 Å². The molecule has 0 aliphatic carbocycles. The van der Waals surface area contributed by atoms with Crippen LogP contribution in [0, 0.1) is 0 Å². The molecule has 1 heterocycles. The summed E-state index contributed by atoms with van der Waals surface area (Å²) in [5.41, 5.74) is 0.966. The van der Waals surface area contributed by atoms with Crippen LogP contribution in [0.4, 0.5) is 0 Å². The van der Waals surface area contributed by atoms with Crippen LogP contribution in [0.25, 0.3) is 0 Å². The van der Waals surface area contributed by atoms with Gasteiger partial charge in [-0.25, -0.2) is 4.68 Å². The molecule has 22 heavy (non-hydrogen) atoms. The lowest BCUT2D eigenvalue weighted by molar-refractivity contribution is 0.0894. The number of nitrogens with zero attached hydrogens (tertiary/aromatic N) is 2. The second-order valence-electron chi connectivity index (χ2n) is 4.66. The molecular formula is C17H13BrN2OS. The van der Waals surface area contributed by atoms with Gasteiger partial charge in [0.2, 0.25) is 0 Å². The van der Waals surface area contributed by atoms with Crippen molar-refractivity contribution in [1.82, 2.24) is 9.78 Å². The number of hydrogen-bond donors (Lipinski definition) is 0. The number of hydrogen-bond acceptors (Lipinski definition) is 3. The molecule has 3 rings (SSSR count). The van der Waals surface area contributed by atoms with Crippen LogP contribution in [-0.2, 0) is 0 Å². The highest BCUT2D eigenvalue weighted by molar-refractivity contribution is 9.10. The molecule has 0 saturated carbocycles. The van der Waals surface area contributed by atoms with Gasteiger partial charge in [0.1, 0.15) is 5.25 Å². The highest BCUT2D eigenvalue weighted by atomic mass is 79.9. The van der Waals surface area contributed by atoms with Crippen molar-refractivity contribution >= 4 is 33.6 Å². The average molecular weight is 373 g/mol. The lowest BCUT2D eigenvalue weighted by Crippen LogP contribution is -2.18. The Labute approximate surface area is 141 Å². The van der Waals surface area contributed by atoms with E-state index in [1.54, 1.807) is 12.4 Å². The van der Waals surface area contributed by atoms with Crippen LogP contribution in [0.5, 0.6) is 0 Å². The van der Waals surface area contributed by atoms with Gasteiger partial charge in [0.25, 0.3) is 5.91 Å². The fraction of sp³-hybridized carbons (Fsp3) is 0.0588. The van der Waals surface area contributed by atoms with Crippen molar-refractivity contribution in [2.24, 2.45) is 0 Å². The van der Waals surface area contributed by atoms with Crippen molar-refractivity contribution in [3.63, 3.8) is 0 Å². The van der Waals surface area contributed by atoms with Gasteiger partial charge in [-0.05, 0) is 33.6 Å². The molecule has 0 N–H and O–H groups in total. The molecule has 3 aromatic rings. The van der Waals surface area contributed by atoms with Crippen molar-refractivity contribution in [3.8, 4) is 0 Å². The topological polar surface area (TPSA) is 34.9 Å². The number of rotatable bonds is 4. The van der Waals surface area contributed by atoms with E-state index >= 15 is 0 Å². The highest BCUT2D eigenvalue weighted by Gasteiger charge is 2.24. The third-order valence-corrected chi connectivity index (χ3v) is 4.76. The van der Waals surface area contributed by atoms with Crippen LogP contribution >= 0.6 is 27.7 Å². The average Bonchev–Trinajstić information content (AvgIpc) is 3.00. The van der Waals surface area contributed by atoms with E-state index in [2.05, 4.69) is 21.0 Å². The van der Waals surface area contributed by atoms with Crippen LogP contribution < -0.4 is 0 Å². The monoisotopic (exact) mass is 372 g/mol. The molecule has 0 amide bonds. The van der Waals surface area contributed by atoms with Gasteiger partial charge >= 0.3 is 0 Å². The molecule has 1 aromatic heterocycles. The van der Waals surface area contributed by atoms with Crippen molar-refractivity contribution in [2.45, 2.75) is 10.1 Å². The van der Waals surface area contributed by atoms with Crippen LogP contribution in [-0.4, -0.2) is 15.7 Å². The van der Waals surface area contributed by atoms with Crippen molar-refractivity contribution < 1.29 is 4.79 Å².